The van der Waals surface area contributed by atoms with E-state index in [9.17, 15) is 4.79 Å². The lowest BCUT2D eigenvalue weighted by Crippen LogP contribution is -2.42. The first-order chi connectivity index (χ1) is 10.2. The summed E-state index contributed by atoms with van der Waals surface area (Å²) in [5, 5.41) is 0. The highest BCUT2D eigenvalue weighted by molar-refractivity contribution is 5.78. The van der Waals surface area contributed by atoms with E-state index in [1.807, 2.05) is 4.90 Å². The number of carbonyl (C=O) groups excluding carboxylic acids is 1. The molecule has 21 heavy (non-hydrogen) atoms. The molecule has 0 aliphatic carbocycles. The summed E-state index contributed by atoms with van der Waals surface area (Å²) in [6.07, 6.45) is 2.00. The van der Waals surface area contributed by atoms with Crippen LogP contribution in [0.15, 0.2) is 24.3 Å². The zero-order valence-corrected chi connectivity index (χ0v) is 13.6. The molecule has 0 saturated carbocycles. The van der Waals surface area contributed by atoms with Gasteiger partial charge in [0, 0.05) is 25.6 Å². The molecule has 0 aromatic heterocycles. The number of hydrogen-bond donors (Lipinski definition) is 0. The number of hydrogen-bond acceptors (Lipinski definition) is 2. The molecule has 2 rings (SSSR count). The van der Waals surface area contributed by atoms with Crippen LogP contribution >= 0.6 is 0 Å². The van der Waals surface area contributed by atoms with Gasteiger partial charge in [0.05, 0.1) is 0 Å². The molecule has 3 nitrogen and oxygen atoms in total. The van der Waals surface area contributed by atoms with E-state index in [-0.39, 0.29) is 5.92 Å². The predicted octanol–water partition coefficient (Wildman–Crippen LogP) is 3.08. The van der Waals surface area contributed by atoms with Gasteiger partial charge in [-0.05, 0) is 57.8 Å². The third-order valence-electron chi connectivity index (χ3n) is 4.67. The highest BCUT2D eigenvalue weighted by Gasteiger charge is 2.27. The molecule has 0 spiro atoms. The average Bonchev–Trinajstić information content (AvgIpc) is 2.51. The van der Waals surface area contributed by atoms with Gasteiger partial charge in [-0.1, -0.05) is 24.3 Å². The molecular formula is C18H28N2O. The van der Waals surface area contributed by atoms with Crippen LogP contribution < -0.4 is 0 Å². The second-order valence-electron chi connectivity index (χ2n) is 5.99. The van der Waals surface area contributed by atoms with Crippen molar-refractivity contribution < 1.29 is 4.79 Å². The fraction of sp³-hybridized carbons (Fsp3) is 0.611. The van der Waals surface area contributed by atoms with Gasteiger partial charge < -0.3 is 4.90 Å². The van der Waals surface area contributed by atoms with Gasteiger partial charge in [-0.3, -0.25) is 9.69 Å². The zero-order valence-electron chi connectivity index (χ0n) is 13.6. The maximum absolute atomic E-state index is 12.4. The van der Waals surface area contributed by atoms with Crippen molar-refractivity contribution in [3.8, 4) is 0 Å². The lowest BCUT2D eigenvalue weighted by atomic mass is 9.94. The van der Waals surface area contributed by atoms with E-state index in [2.05, 4.69) is 49.9 Å². The van der Waals surface area contributed by atoms with Crippen molar-refractivity contribution in [3.63, 3.8) is 0 Å². The van der Waals surface area contributed by atoms with Gasteiger partial charge >= 0.3 is 0 Å². The maximum atomic E-state index is 12.4. The molecular weight excluding hydrogens is 260 g/mol. The first kappa shape index (κ1) is 16.0. The monoisotopic (exact) mass is 288 g/mol. The number of benzene rings is 1. The molecule has 1 heterocycles. The van der Waals surface area contributed by atoms with Crippen LogP contribution in [0.25, 0.3) is 0 Å². The van der Waals surface area contributed by atoms with Crippen LogP contribution in [0.1, 0.15) is 37.8 Å². The summed E-state index contributed by atoms with van der Waals surface area (Å²) < 4.78 is 0. The summed E-state index contributed by atoms with van der Waals surface area (Å²) >= 11 is 0. The van der Waals surface area contributed by atoms with Crippen LogP contribution in [0.4, 0.5) is 0 Å². The molecule has 0 atom stereocenters. The van der Waals surface area contributed by atoms with Gasteiger partial charge in [0.2, 0.25) is 5.91 Å². The van der Waals surface area contributed by atoms with Crippen molar-refractivity contribution in [1.82, 2.24) is 9.80 Å². The summed E-state index contributed by atoms with van der Waals surface area (Å²) in [5.41, 5.74) is 2.77. The Morgan fingerprint density at radius 1 is 1.19 bits per heavy atom. The Morgan fingerprint density at radius 2 is 1.81 bits per heavy atom. The number of nitrogens with zero attached hydrogens (tertiary/aromatic N) is 2. The van der Waals surface area contributed by atoms with Crippen LogP contribution in [0.5, 0.6) is 0 Å². The van der Waals surface area contributed by atoms with Crippen LogP contribution in [-0.2, 0) is 11.3 Å². The molecule has 116 valence electrons. The molecule has 0 unspecified atom stereocenters. The first-order valence-electron chi connectivity index (χ1n) is 8.21. The number of likely N-dealkylation sites (tertiary alicyclic amines) is 1. The van der Waals surface area contributed by atoms with Gasteiger partial charge in [0.1, 0.15) is 0 Å². The van der Waals surface area contributed by atoms with E-state index in [0.717, 1.165) is 45.6 Å². The third-order valence-corrected chi connectivity index (χ3v) is 4.67. The number of aryl methyl sites for hydroxylation is 1. The van der Waals surface area contributed by atoms with Crippen LogP contribution in [0.3, 0.4) is 0 Å². The van der Waals surface area contributed by atoms with Crippen molar-refractivity contribution in [2.75, 3.05) is 26.2 Å². The van der Waals surface area contributed by atoms with E-state index in [4.69, 9.17) is 0 Å². The second kappa shape index (κ2) is 7.60. The Hall–Kier alpha value is -1.35. The van der Waals surface area contributed by atoms with Gasteiger partial charge in [-0.25, -0.2) is 0 Å². The second-order valence-corrected chi connectivity index (χ2v) is 5.99. The van der Waals surface area contributed by atoms with Crippen molar-refractivity contribution in [3.05, 3.63) is 35.4 Å². The summed E-state index contributed by atoms with van der Waals surface area (Å²) in [4.78, 5) is 16.8. The maximum Gasteiger partial charge on any atom is 0.225 e. The average molecular weight is 288 g/mol. The molecule has 1 aliphatic rings. The Balaban J connectivity index is 1.86. The van der Waals surface area contributed by atoms with E-state index in [0.29, 0.717) is 5.91 Å². The van der Waals surface area contributed by atoms with Crippen molar-refractivity contribution in [2.45, 2.75) is 40.2 Å². The minimum Gasteiger partial charge on any atom is -0.343 e. The van der Waals surface area contributed by atoms with Gasteiger partial charge in [-0.2, -0.15) is 0 Å². The predicted molar refractivity (Wildman–Crippen MR) is 87.1 cm³/mol. The minimum atomic E-state index is 0.234. The molecule has 1 fully saturated rings. The van der Waals surface area contributed by atoms with E-state index in [1.165, 1.54) is 11.1 Å². The van der Waals surface area contributed by atoms with E-state index < -0.39 is 0 Å². The summed E-state index contributed by atoms with van der Waals surface area (Å²) in [6, 6.07) is 8.58. The lowest BCUT2D eigenvalue weighted by molar-refractivity contribution is -0.136. The van der Waals surface area contributed by atoms with Gasteiger partial charge in [-0.15, -0.1) is 0 Å². The Morgan fingerprint density at radius 3 is 2.38 bits per heavy atom. The van der Waals surface area contributed by atoms with Gasteiger partial charge in [0.15, 0.2) is 0 Å². The molecule has 1 aliphatic heterocycles. The zero-order chi connectivity index (χ0) is 15.2. The molecule has 1 amide bonds. The van der Waals surface area contributed by atoms with Crippen molar-refractivity contribution in [1.29, 1.82) is 0 Å². The number of rotatable bonds is 5. The number of carbonyl (C=O) groups is 1. The largest absolute Gasteiger partial charge is 0.343 e. The standard InChI is InChI=1S/C18H28N2O/c1-4-20(5-2)18(21)16-10-12-19(13-11-16)14-17-9-7-6-8-15(17)3/h6-9,16H,4-5,10-14H2,1-3H3. The molecule has 0 radical (unpaired) electrons. The molecule has 3 heteroatoms. The van der Waals surface area contributed by atoms with Crippen molar-refractivity contribution >= 4 is 5.91 Å². The summed E-state index contributed by atoms with van der Waals surface area (Å²) in [6.45, 7) is 11.0. The molecule has 0 bridgehead atoms. The van der Waals surface area contributed by atoms with Crippen LogP contribution in [0.2, 0.25) is 0 Å². The van der Waals surface area contributed by atoms with E-state index in [1.54, 1.807) is 0 Å². The quantitative estimate of drug-likeness (QED) is 0.831. The first-order valence-corrected chi connectivity index (χ1v) is 8.21. The topological polar surface area (TPSA) is 23.6 Å². The fourth-order valence-electron chi connectivity index (χ4n) is 3.16. The number of piperidine rings is 1. The van der Waals surface area contributed by atoms with Crippen LogP contribution in [-0.4, -0.2) is 41.9 Å². The van der Waals surface area contributed by atoms with Crippen molar-refractivity contribution in [2.24, 2.45) is 5.92 Å². The minimum absolute atomic E-state index is 0.234. The fourth-order valence-corrected chi connectivity index (χ4v) is 3.16. The van der Waals surface area contributed by atoms with Crippen LogP contribution in [0, 0.1) is 12.8 Å². The Bertz CT molecular complexity index is 460. The summed E-state index contributed by atoms with van der Waals surface area (Å²) in [5.74, 6) is 0.591. The van der Waals surface area contributed by atoms with Gasteiger partial charge in [0.25, 0.3) is 0 Å². The Kier molecular flexibility index (Phi) is 5.80. The lowest BCUT2D eigenvalue weighted by Gasteiger charge is -2.34. The highest BCUT2D eigenvalue weighted by Crippen LogP contribution is 2.22. The summed E-state index contributed by atoms with van der Waals surface area (Å²) in [7, 11) is 0. The third kappa shape index (κ3) is 4.07. The molecule has 1 aromatic carbocycles. The molecule has 0 N–H and O–H groups in total. The highest BCUT2D eigenvalue weighted by atomic mass is 16.2. The SMILES string of the molecule is CCN(CC)C(=O)C1CCN(Cc2ccccc2C)CC1. The molecule has 1 saturated heterocycles. The smallest absolute Gasteiger partial charge is 0.225 e. The Labute approximate surface area is 128 Å². The number of amides is 1. The van der Waals surface area contributed by atoms with E-state index >= 15 is 0 Å². The normalized spacial score (nSPS) is 16.9. The molecule has 1 aromatic rings.